The van der Waals surface area contributed by atoms with Gasteiger partial charge in [0.25, 0.3) is 0 Å². The Morgan fingerprint density at radius 1 is 1.29 bits per heavy atom. The van der Waals surface area contributed by atoms with Gasteiger partial charge in [0, 0.05) is 24.9 Å². The lowest BCUT2D eigenvalue weighted by atomic mass is 10.0. The van der Waals surface area contributed by atoms with Crippen LogP contribution in [-0.4, -0.2) is 9.97 Å². The number of nitrogens with zero attached hydrogens (tertiary/aromatic N) is 1. The second-order valence-electron chi connectivity index (χ2n) is 3.26. The maximum Gasteiger partial charge on any atom is 0.107 e. The van der Waals surface area contributed by atoms with Crippen molar-refractivity contribution in [1.29, 1.82) is 0 Å². The average Bonchev–Trinajstić information content (AvgIpc) is 2.72. The van der Waals surface area contributed by atoms with Gasteiger partial charge < -0.3 is 10.7 Å². The first-order valence-electron chi connectivity index (χ1n) is 4.65. The van der Waals surface area contributed by atoms with Gasteiger partial charge in [-0.25, -0.2) is 4.98 Å². The van der Waals surface area contributed by atoms with Crippen molar-refractivity contribution in [2.24, 2.45) is 5.73 Å². The Hall–Kier alpha value is -1.61. The van der Waals surface area contributed by atoms with Gasteiger partial charge in [-0.1, -0.05) is 30.3 Å². The van der Waals surface area contributed by atoms with Gasteiger partial charge in [0.2, 0.25) is 0 Å². The monoisotopic (exact) mass is 187 g/mol. The molecule has 0 aliphatic carbocycles. The number of nitrogens with one attached hydrogen (secondary N) is 1. The van der Waals surface area contributed by atoms with Crippen LogP contribution in [0.3, 0.4) is 0 Å². The van der Waals surface area contributed by atoms with Gasteiger partial charge >= 0.3 is 0 Å². The number of H-pyrrole nitrogens is 1. The molecule has 3 nitrogen and oxygen atoms in total. The third-order valence-corrected chi connectivity index (χ3v) is 2.20. The molecule has 0 radical (unpaired) electrons. The molecule has 0 amide bonds. The van der Waals surface area contributed by atoms with Gasteiger partial charge in [-0.15, -0.1) is 0 Å². The topological polar surface area (TPSA) is 54.7 Å². The molecule has 0 fully saturated rings. The minimum atomic E-state index is 0.0161. The lowest BCUT2D eigenvalue weighted by Crippen LogP contribution is -2.13. The zero-order valence-electron chi connectivity index (χ0n) is 7.85. The molecule has 72 valence electrons. The summed E-state index contributed by atoms with van der Waals surface area (Å²) < 4.78 is 0. The van der Waals surface area contributed by atoms with Crippen molar-refractivity contribution in [2.75, 3.05) is 0 Å². The Bertz CT molecular complexity index is 367. The second kappa shape index (κ2) is 4.07. The van der Waals surface area contributed by atoms with Crippen LogP contribution >= 0.6 is 0 Å². The zero-order valence-corrected chi connectivity index (χ0v) is 7.85. The van der Waals surface area contributed by atoms with Crippen molar-refractivity contribution >= 4 is 0 Å². The summed E-state index contributed by atoms with van der Waals surface area (Å²) in [5, 5.41) is 0. The van der Waals surface area contributed by atoms with E-state index in [0.717, 1.165) is 17.8 Å². The van der Waals surface area contributed by atoms with Crippen molar-refractivity contribution < 1.29 is 0 Å². The molecule has 0 saturated heterocycles. The number of hydrogen-bond acceptors (Lipinski definition) is 2. The first kappa shape index (κ1) is 8.97. The predicted molar refractivity (Wildman–Crippen MR) is 55.7 cm³/mol. The number of aromatic nitrogens is 2. The zero-order chi connectivity index (χ0) is 9.80. The van der Waals surface area contributed by atoms with E-state index in [0.29, 0.717) is 0 Å². The minimum absolute atomic E-state index is 0.0161. The van der Waals surface area contributed by atoms with Crippen molar-refractivity contribution in [1.82, 2.24) is 9.97 Å². The Labute approximate surface area is 83.0 Å². The molecule has 1 aromatic heterocycles. The van der Waals surface area contributed by atoms with Crippen molar-refractivity contribution in [3.8, 4) is 0 Å². The van der Waals surface area contributed by atoms with E-state index in [1.807, 2.05) is 36.5 Å². The normalized spacial score (nSPS) is 12.6. The summed E-state index contributed by atoms with van der Waals surface area (Å²) in [5.41, 5.74) is 7.17. The molecule has 3 N–H and O–H groups in total. The summed E-state index contributed by atoms with van der Waals surface area (Å²) in [4.78, 5) is 7.19. The highest BCUT2D eigenvalue weighted by Crippen LogP contribution is 2.12. The molecule has 0 aliphatic rings. The van der Waals surface area contributed by atoms with Crippen molar-refractivity contribution in [2.45, 2.75) is 12.5 Å². The summed E-state index contributed by atoms with van der Waals surface area (Å²) in [6.07, 6.45) is 4.30. The maximum atomic E-state index is 6.03. The molecule has 1 heterocycles. The van der Waals surface area contributed by atoms with Crippen molar-refractivity contribution in [3.63, 3.8) is 0 Å². The third kappa shape index (κ3) is 2.00. The Morgan fingerprint density at radius 2 is 2.07 bits per heavy atom. The minimum Gasteiger partial charge on any atom is -0.349 e. The fraction of sp³-hybridized carbons (Fsp3) is 0.182. The largest absolute Gasteiger partial charge is 0.349 e. The lowest BCUT2D eigenvalue weighted by Gasteiger charge is -2.09. The van der Waals surface area contributed by atoms with Crippen LogP contribution in [0.5, 0.6) is 0 Å². The fourth-order valence-corrected chi connectivity index (χ4v) is 1.44. The molecule has 3 heteroatoms. The average molecular weight is 187 g/mol. The quantitative estimate of drug-likeness (QED) is 0.767. The molecule has 0 aliphatic heterocycles. The van der Waals surface area contributed by atoms with Crippen LogP contribution in [0.15, 0.2) is 42.7 Å². The van der Waals surface area contributed by atoms with E-state index in [1.54, 1.807) is 6.20 Å². The van der Waals surface area contributed by atoms with E-state index < -0.39 is 0 Å². The van der Waals surface area contributed by atoms with Gasteiger partial charge in [0.1, 0.15) is 5.82 Å². The molecular weight excluding hydrogens is 174 g/mol. The number of imidazole rings is 1. The molecule has 1 unspecified atom stereocenters. The molecule has 0 spiro atoms. The number of aromatic amines is 1. The molecule has 1 atom stereocenters. The van der Waals surface area contributed by atoms with E-state index in [2.05, 4.69) is 9.97 Å². The van der Waals surface area contributed by atoms with E-state index in [4.69, 9.17) is 5.73 Å². The van der Waals surface area contributed by atoms with E-state index in [9.17, 15) is 0 Å². The van der Waals surface area contributed by atoms with Gasteiger partial charge in [0.15, 0.2) is 0 Å². The Kier molecular flexibility index (Phi) is 2.60. The van der Waals surface area contributed by atoms with Gasteiger partial charge in [0.05, 0.1) is 0 Å². The number of nitrogens with two attached hydrogens (primary N) is 1. The molecule has 1 aromatic carbocycles. The summed E-state index contributed by atoms with van der Waals surface area (Å²) in [5.74, 6) is 0.932. The van der Waals surface area contributed by atoms with Crippen LogP contribution in [0.4, 0.5) is 0 Å². The highest BCUT2D eigenvalue weighted by Gasteiger charge is 2.07. The first-order valence-corrected chi connectivity index (χ1v) is 4.65. The lowest BCUT2D eigenvalue weighted by molar-refractivity contribution is 0.694. The fourth-order valence-electron chi connectivity index (χ4n) is 1.44. The number of hydrogen-bond donors (Lipinski definition) is 2. The smallest absolute Gasteiger partial charge is 0.107 e. The summed E-state index contributed by atoms with van der Waals surface area (Å²) in [6, 6.07) is 10.1. The van der Waals surface area contributed by atoms with Crippen LogP contribution in [0.1, 0.15) is 17.4 Å². The summed E-state index contributed by atoms with van der Waals surface area (Å²) in [6.45, 7) is 0. The maximum absolute atomic E-state index is 6.03. The second-order valence-corrected chi connectivity index (χ2v) is 3.26. The van der Waals surface area contributed by atoms with Crippen LogP contribution < -0.4 is 5.73 Å². The summed E-state index contributed by atoms with van der Waals surface area (Å²) >= 11 is 0. The standard InChI is InChI=1S/C11H13N3/c12-10(8-11-13-6-7-14-11)9-4-2-1-3-5-9/h1-7,10H,8,12H2,(H,13,14). The highest BCUT2D eigenvalue weighted by molar-refractivity contribution is 5.19. The van der Waals surface area contributed by atoms with Crippen LogP contribution in [-0.2, 0) is 6.42 Å². The van der Waals surface area contributed by atoms with E-state index in [1.165, 1.54) is 0 Å². The Balaban J connectivity index is 2.07. The van der Waals surface area contributed by atoms with Crippen molar-refractivity contribution in [3.05, 3.63) is 54.1 Å². The SMILES string of the molecule is NC(Cc1ncc[nH]1)c1ccccc1. The molecular formula is C11H13N3. The van der Waals surface area contributed by atoms with Gasteiger partial charge in [-0.3, -0.25) is 0 Å². The van der Waals surface area contributed by atoms with E-state index >= 15 is 0 Å². The molecule has 14 heavy (non-hydrogen) atoms. The molecule has 0 saturated carbocycles. The number of rotatable bonds is 3. The first-order chi connectivity index (χ1) is 6.86. The van der Waals surface area contributed by atoms with Gasteiger partial charge in [-0.2, -0.15) is 0 Å². The summed E-state index contributed by atoms with van der Waals surface area (Å²) in [7, 11) is 0. The third-order valence-electron chi connectivity index (χ3n) is 2.20. The van der Waals surface area contributed by atoms with E-state index in [-0.39, 0.29) is 6.04 Å². The molecule has 0 bridgehead atoms. The predicted octanol–water partition coefficient (Wildman–Crippen LogP) is 1.65. The Morgan fingerprint density at radius 3 is 2.71 bits per heavy atom. The van der Waals surface area contributed by atoms with Crippen LogP contribution in [0.2, 0.25) is 0 Å². The highest BCUT2D eigenvalue weighted by atomic mass is 14.9. The van der Waals surface area contributed by atoms with Gasteiger partial charge in [-0.05, 0) is 5.56 Å². The van der Waals surface area contributed by atoms with Crippen LogP contribution in [0, 0.1) is 0 Å². The molecule has 2 rings (SSSR count). The van der Waals surface area contributed by atoms with Crippen LogP contribution in [0.25, 0.3) is 0 Å². The number of benzene rings is 1. The molecule has 2 aromatic rings.